The van der Waals surface area contributed by atoms with Gasteiger partial charge in [-0.3, -0.25) is 4.79 Å². The Balaban J connectivity index is 1.40. The first kappa shape index (κ1) is 14.2. The van der Waals surface area contributed by atoms with Gasteiger partial charge < -0.3 is 20.7 Å². The molecule has 21 heavy (non-hydrogen) atoms. The van der Waals surface area contributed by atoms with Crippen molar-refractivity contribution in [3.63, 3.8) is 0 Å². The van der Waals surface area contributed by atoms with Gasteiger partial charge in [0.2, 0.25) is 5.91 Å². The first-order valence-electron chi connectivity index (χ1n) is 7.82. The van der Waals surface area contributed by atoms with Gasteiger partial charge in [0.15, 0.2) is 0 Å². The van der Waals surface area contributed by atoms with Gasteiger partial charge in [0, 0.05) is 13.1 Å². The molecule has 1 aliphatic heterocycles. The summed E-state index contributed by atoms with van der Waals surface area (Å²) in [5.74, 6) is 0.0204. The lowest BCUT2D eigenvalue weighted by Crippen LogP contribution is -2.46. The molecule has 1 amide bonds. The minimum absolute atomic E-state index is 0.0204. The second-order valence-corrected chi connectivity index (χ2v) is 5.69. The molecule has 1 atom stereocenters. The van der Waals surface area contributed by atoms with Crippen molar-refractivity contribution in [3.05, 3.63) is 24.3 Å². The molecule has 0 aromatic heterocycles. The van der Waals surface area contributed by atoms with Crippen molar-refractivity contribution in [1.29, 1.82) is 0 Å². The Hall–Kier alpha value is -1.75. The number of benzene rings is 1. The standard InChI is InChI=1S/C16H23N3O2/c20-16(17-9-10-21-12-5-1-2-6-12)15-11-18-13-7-3-4-8-14(13)19-15/h3-4,7-8,12,15,18-19H,1-2,5-6,9-11H2,(H,17,20). The monoisotopic (exact) mass is 289 g/mol. The van der Waals surface area contributed by atoms with Gasteiger partial charge in [-0.05, 0) is 25.0 Å². The lowest BCUT2D eigenvalue weighted by atomic mass is 10.1. The maximum absolute atomic E-state index is 12.1. The fourth-order valence-corrected chi connectivity index (χ4v) is 2.95. The van der Waals surface area contributed by atoms with Gasteiger partial charge in [-0.25, -0.2) is 0 Å². The molecule has 1 unspecified atom stereocenters. The Kier molecular flexibility index (Phi) is 4.60. The van der Waals surface area contributed by atoms with E-state index in [2.05, 4.69) is 16.0 Å². The summed E-state index contributed by atoms with van der Waals surface area (Å²) in [6, 6.07) is 7.69. The van der Waals surface area contributed by atoms with E-state index in [1.54, 1.807) is 0 Å². The number of amides is 1. The summed E-state index contributed by atoms with van der Waals surface area (Å²) in [4.78, 5) is 12.1. The lowest BCUT2D eigenvalue weighted by molar-refractivity contribution is -0.121. The molecule has 5 nitrogen and oxygen atoms in total. The van der Waals surface area contributed by atoms with Crippen molar-refractivity contribution >= 4 is 17.3 Å². The lowest BCUT2D eigenvalue weighted by Gasteiger charge is -2.27. The third-order valence-electron chi connectivity index (χ3n) is 4.13. The molecule has 2 aliphatic rings. The number of rotatable bonds is 5. The molecule has 1 fully saturated rings. The van der Waals surface area contributed by atoms with Crippen LogP contribution in [0.15, 0.2) is 24.3 Å². The van der Waals surface area contributed by atoms with Crippen LogP contribution in [0.3, 0.4) is 0 Å². The second kappa shape index (κ2) is 6.80. The molecule has 0 saturated heterocycles. The van der Waals surface area contributed by atoms with Crippen molar-refractivity contribution < 1.29 is 9.53 Å². The maximum atomic E-state index is 12.1. The summed E-state index contributed by atoms with van der Waals surface area (Å²) in [6.45, 7) is 1.79. The maximum Gasteiger partial charge on any atom is 0.244 e. The largest absolute Gasteiger partial charge is 0.381 e. The average Bonchev–Trinajstić information content (AvgIpc) is 3.04. The summed E-state index contributed by atoms with van der Waals surface area (Å²) < 4.78 is 5.75. The number of para-hydroxylation sites is 2. The molecule has 3 N–H and O–H groups in total. The molecule has 1 aromatic rings. The molecule has 1 aliphatic carbocycles. The van der Waals surface area contributed by atoms with Gasteiger partial charge >= 0.3 is 0 Å². The smallest absolute Gasteiger partial charge is 0.244 e. The zero-order valence-electron chi connectivity index (χ0n) is 12.2. The van der Waals surface area contributed by atoms with Crippen molar-refractivity contribution in [2.24, 2.45) is 0 Å². The molecule has 3 rings (SSSR count). The summed E-state index contributed by atoms with van der Waals surface area (Å²) >= 11 is 0. The highest BCUT2D eigenvalue weighted by molar-refractivity contribution is 5.88. The molecular weight excluding hydrogens is 266 g/mol. The van der Waals surface area contributed by atoms with Gasteiger partial charge in [0.25, 0.3) is 0 Å². The average molecular weight is 289 g/mol. The van der Waals surface area contributed by atoms with Crippen LogP contribution in [0.2, 0.25) is 0 Å². The van der Waals surface area contributed by atoms with Crippen LogP contribution >= 0.6 is 0 Å². The molecule has 0 bridgehead atoms. The van der Waals surface area contributed by atoms with Gasteiger partial charge in [-0.15, -0.1) is 0 Å². The van der Waals surface area contributed by atoms with E-state index in [4.69, 9.17) is 4.74 Å². The topological polar surface area (TPSA) is 62.4 Å². The van der Waals surface area contributed by atoms with Crippen LogP contribution in [0.4, 0.5) is 11.4 Å². The van der Waals surface area contributed by atoms with Crippen LogP contribution in [0, 0.1) is 0 Å². The van der Waals surface area contributed by atoms with E-state index < -0.39 is 0 Å². The van der Waals surface area contributed by atoms with Crippen LogP contribution < -0.4 is 16.0 Å². The Morgan fingerprint density at radius 2 is 2.00 bits per heavy atom. The van der Waals surface area contributed by atoms with Gasteiger partial charge in [-0.1, -0.05) is 25.0 Å². The second-order valence-electron chi connectivity index (χ2n) is 5.69. The van der Waals surface area contributed by atoms with Crippen LogP contribution in [0.25, 0.3) is 0 Å². The molecule has 0 spiro atoms. The molecule has 114 valence electrons. The molecule has 1 saturated carbocycles. The van der Waals surface area contributed by atoms with Crippen LogP contribution in [0.1, 0.15) is 25.7 Å². The van der Waals surface area contributed by atoms with E-state index in [0.29, 0.717) is 25.8 Å². The minimum Gasteiger partial charge on any atom is -0.381 e. The fourth-order valence-electron chi connectivity index (χ4n) is 2.95. The van der Waals surface area contributed by atoms with Crippen LogP contribution in [0.5, 0.6) is 0 Å². The predicted octanol–water partition coefficient (Wildman–Crippen LogP) is 1.97. The normalized spacial score (nSPS) is 21.2. The van der Waals surface area contributed by atoms with Crippen molar-refractivity contribution in [1.82, 2.24) is 5.32 Å². The SMILES string of the molecule is O=C(NCCOC1CCCC1)C1CNc2ccccc2N1. The molecule has 0 radical (unpaired) electrons. The van der Waals surface area contributed by atoms with E-state index >= 15 is 0 Å². The van der Waals surface area contributed by atoms with Gasteiger partial charge in [-0.2, -0.15) is 0 Å². The number of hydrogen-bond donors (Lipinski definition) is 3. The summed E-state index contributed by atoms with van der Waals surface area (Å²) in [5, 5.41) is 9.48. The zero-order chi connectivity index (χ0) is 14.5. The molecule has 5 heteroatoms. The third kappa shape index (κ3) is 3.67. The highest BCUT2D eigenvalue weighted by Gasteiger charge is 2.23. The fraction of sp³-hybridized carbons (Fsp3) is 0.562. The first-order valence-corrected chi connectivity index (χ1v) is 7.82. The van der Waals surface area contributed by atoms with Crippen molar-refractivity contribution in [2.45, 2.75) is 37.8 Å². The Morgan fingerprint density at radius 1 is 1.24 bits per heavy atom. The Labute approximate surface area is 125 Å². The number of nitrogens with one attached hydrogen (secondary N) is 3. The van der Waals surface area contributed by atoms with E-state index in [-0.39, 0.29) is 11.9 Å². The van der Waals surface area contributed by atoms with E-state index in [1.807, 2.05) is 24.3 Å². The van der Waals surface area contributed by atoms with Crippen molar-refractivity contribution in [2.75, 3.05) is 30.3 Å². The Bertz CT molecular complexity index is 486. The molecule has 1 heterocycles. The number of hydrogen-bond acceptors (Lipinski definition) is 4. The number of ether oxygens (including phenoxy) is 1. The van der Waals surface area contributed by atoms with E-state index in [0.717, 1.165) is 11.4 Å². The molecular formula is C16H23N3O2. The first-order chi connectivity index (χ1) is 10.3. The third-order valence-corrected chi connectivity index (χ3v) is 4.13. The number of carbonyl (C=O) groups excluding carboxylic acids is 1. The summed E-state index contributed by atoms with van der Waals surface area (Å²) in [5.41, 5.74) is 2.03. The van der Waals surface area contributed by atoms with E-state index in [1.165, 1.54) is 25.7 Å². The summed E-state index contributed by atoms with van der Waals surface area (Å²) in [7, 11) is 0. The van der Waals surface area contributed by atoms with Gasteiger partial charge in [0.05, 0.1) is 24.1 Å². The Morgan fingerprint density at radius 3 is 2.81 bits per heavy atom. The van der Waals surface area contributed by atoms with Gasteiger partial charge in [0.1, 0.15) is 6.04 Å². The molecule has 1 aromatic carbocycles. The zero-order valence-corrected chi connectivity index (χ0v) is 12.2. The van der Waals surface area contributed by atoms with Crippen LogP contribution in [-0.2, 0) is 9.53 Å². The summed E-state index contributed by atoms with van der Waals surface area (Å²) in [6.07, 6.45) is 5.28. The number of fused-ring (bicyclic) bond motifs is 1. The highest BCUT2D eigenvalue weighted by atomic mass is 16.5. The number of carbonyl (C=O) groups is 1. The van der Waals surface area contributed by atoms with E-state index in [9.17, 15) is 4.79 Å². The number of anilines is 2. The van der Waals surface area contributed by atoms with Crippen molar-refractivity contribution in [3.8, 4) is 0 Å². The van der Waals surface area contributed by atoms with Crippen LogP contribution in [-0.4, -0.2) is 37.7 Å². The predicted molar refractivity (Wildman–Crippen MR) is 83.6 cm³/mol. The quantitative estimate of drug-likeness (QED) is 0.725. The highest BCUT2D eigenvalue weighted by Crippen LogP contribution is 2.25. The minimum atomic E-state index is -0.230.